The van der Waals surface area contributed by atoms with Gasteiger partial charge in [-0.1, -0.05) is 33.6 Å². The van der Waals surface area contributed by atoms with Gasteiger partial charge in [0.05, 0.1) is 10.7 Å². The van der Waals surface area contributed by atoms with E-state index in [2.05, 4.69) is 42.4 Å². The molecule has 0 spiro atoms. The minimum absolute atomic E-state index is 0.0407. The Bertz CT molecular complexity index is 724. The standard InChI is InChI=1S/C14H9Br2ClN2O2.CH4O/c15-10-4-9(13(20)12(16)6-10)7-18-19-14(21)8-2-1-3-11(17)5-8;1-2/h1-7,20H,(H,19,21);2H,1H3/b18-7+;. The minimum atomic E-state index is -0.387. The monoisotopic (exact) mass is 462 g/mol. The molecule has 3 N–H and O–H groups in total. The highest BCUT2D eigenvalue weighted by Gasteiger charge is 2.07. The number of hydrogen-bond acceptors (Lipinski definition) is 4. The first-order chi connectivity index (χ1) is 11.0. The lowest BCUT2D eigenvalue weighted by atomic mass is 10.2. The lowest BCUT2D eigenvalue weighted by Gasteiger charge is -2.03. The molecule has 0 radical (unpaired) electrons. The van der Waals surface area contributed by atoms with Gasteiger partial charge in [-0.05, 0) is 46.3 Å². The van der Waals surface area contributed by atoms with Crippen molar-refractivity contribution in [3.63, 3.8) is 0 Å². The first kappa shape index (κ1) is 19.6. The van der Waals surface area contributed by atoms with Crippen molar-refractivity contribution >= 4 is 55.6 Å². The van der Waals surface area contributed by atoms with Gasteiger partial charge in [-0.15, -0.1) is 0 Å². The molecule has 0 atom stereocenters. The highest BCUT2D eigenvalue weighted by Crippen LogP contribution is 2.30. The second-order valence-electron chi connectivity index (χ2n) is 4.03. The first-order valence-electron chi connectivity index (χ1n) is 6.19. The zero-order valence-corrected chi connectivity index (χ0v) is 15.9. The quantitative estimate of drug-likeness (QED) is 0.475. The zero-order chi connectivity index (χ0) is 17.4. The lowest BCUT2D eigenvalue weighted by molar-refractivity contribution is 0.0955. The minimum Gasteiger partial charge on any atom is -0.506 e. The van der Waals surface area contributed by atoms with Crippen LogP contribution < -0.4 is 5.43 Å². The van der Waals surface area contributed by atoms with Gasteiger partial charge in [0.15, 0.2) is 0 Å². The fraction of sp³-hybridized carbons (Fsp3) is 0.0667. The molecule has 122 valence electrons. The maximum absolute atomic E-state index is 11.8. The largest absolute Gasteiger partial charge is 0.506 e. The molecule has 0 bridgehead atoms. The third-order valence-electron chi connectivity index (χ3n) is 2.51. The number of aliphatic hydroxyl groups is 1. The van der Waals surface area contributed by atoms with Crippen molar-refractivity contribution in [3.05, 3.63) is 61.5 Å². The molecule has 0 aliphatic rings. The Labute approximate surface area is 155 Å². The van der Waals surface area contributed by atoms with Crippen molar-refractivity contribution < 1.29 is 15.0 Å². The van der Waals surface area contributed by atoms with Crippen LogP contribution in [-0.4, -0.2) is 29.4 Å². The number of benzene rings is 2. The number of hydrogen-bond donors (Lipinski definition) is 3. The van der Waals surface area contributed by atoms with Crippen LogP contribution in [0.15, 0.2) is 50.4 Å². The molecule has 0 aromatic heterocycles. The summed E-state index contributed by atoms with van der Waals surface area (Å²) in [7, 11) is 1.00. The molecule has 0 saturated carbocycles. The van der Waals surface area contributed by atoms with Crippen LogP contribution in [0.2, 0.25) is 5.02 Å². The van der Waals surface area contributed by atoms with Crippen molar-refractivity contribution in [2.24, 2.45) is 5.10 Å². The summed E-state index contributed by atoms with van der Waals surface area (Å²) in [6.07, 6.45) is 1.35. The number of carbonyl (C=O) groups is 1. The van der Waals surface area contributed by atoms with Crippen LogP contribution in [0.25, 0.3) is 0 Å². The van der Waals surface area contributed by atoms with E-state index in [0.29, 0.717) is 20.6 Å². The van der Waals surface area contributed by atoms with E-state index in [9.17, 15) is 9.90 Å². The van der Waals surface area contributed by atoms with E-state index in [-0.39, 0.29) is 11.7 Å². The average molecular weight is 465 g/mol. The molecule has 0 aliphatic heterocycles. The van der Waals surface area contributed by atoms with Gasteiger partial charge >= 0.3 is 0 Å². The van der Waals surface area contributed by atoms with Gasteiger partial charge in [-0.2, -0.15) is 5.10 Å². The highest BCUT2D eigenvalue weighted by atomic mass is 79.9. The van der Waals surface area contributed by atoms with Crippen molar-refractivity contribution in [1.29, 1.82) is 0 Å². The number of amides is 1. The molecular formula is C15H13Br2ClN2O3. The molecular weight excluding hydrogens is 451 g/mol. The Balaban J connectivity index is 0.00000127. The Hall–Kier alpha value is -1.41. The summed E-state index contributed by atoms with van der Waals surface area (Å²) in [4.78, 5) is 11.8. The average Bonchev–Trinajstić information content (AvgIpc) is 2.53. The summed E-state index contributed by atoms with van der Waals surface area (Å²) in [6, 6.07) is 9.91. The number of nitrogens with one attached hydrogen (secondary N) is 1. The normalized spacial score (nSPS) is 10.1. The Morgan fingerprint density at radius 3 is 2.61 bits per heavy atom. The molecule has 2 rings (SSSR count). The zero-order valence-electron chi connectivity index (χ0n) is 11.9. The van der Waals surface area contributed by atoms with E-state index in [4.69, 9.17) is 16.7 Å². The van der Waals surface area contributed by atoms with Gasteiger partial charge < -0.3 is 10.2 Å². The second-order valence-corrected chi connectivity index (χ2v) is 6.24. The van der Waals surface area contributed by atoms with Gasteiger partial charge in [-0.3, -0.25) is 4.79 Å². The van der Waals surface area contributed by atoms with Crippen LogP contribution in [0.4, 0.5) is 0 Å². The molecule has 0 unspecified atom stereocenters. The van der Waals surface area contributed by atoms with Crippen LogP contribution in [-0.2, 0) is 0 Å². The van der Waals surface area contributed by atoms with Crippen LogP contribution in [0, 0.1) is 0 Å². The van der Waals surface area contributed by atoms with Crippen LogP contribution in [0.5, 0.6) is 5.75 Å². The molecule has 0 aliphatic carbocycles. The summed E-state index contributed by atoms with van der Waals surface area (Å²) < 4.78 is 1.30. The Morgan fingerprint density at radius 2 is 1.96 bits per heavy atom. The number of carbonyl (C=O) groups excluding carboxylic acids is 1. The fourth-order valence-electron chi connectivity index (χ4n) is 1.54. The molecule has 0 heterocycles. The molecule has 1 amide bonds. The van der Waals surface area contributed by atoms with Crippen LogP contribution in [0.3, 0.4) is 0 Å². The SMILES string of the molecule is CO.O=C(N/N=C/c1cc(Br)cc(Br)c1O)c1cccc(Cl)c1. The molecule has 2 aromatic rings. The van der Waals surface area contributed by atoms with Crippen LogP contribution >= 0.6 is 43.5 Å². The highest BCUT2D eigenvalue weighted by molar-refractivity contribution is 9.11. The predicted molar refractivity (Wildman–Crippen MR) is 98.2 cm³/mol. The van der Waals surface area contributed by atoms with Gasteiger partial charge in [0.1, 0.15) is 5.75 Å². The van der Waals surface area contributed by atoms with Crippen molar-refractivity contribution in [1.82, 2.24) is 5.43 Å². The molecule has 0 saturated heterocycles. The maximum atomic E-state index is 11.8. The maximum Gasteiger partial charge on any atom is 0.271 e. The van der Waals surface area contributed by atoms with E-state index in [1.807, 2.05) is 0 Å². The summed E-state index contributed by atoms with van der Waals surface area (Å²) >= 11 is 12.3. The van der Waals surface area contributed by atoms with E-state index < -0.39 is 0 Å². The van der Waals surface area contributed by atoms with Crippen molar-refractivity contribution in [2.45, 2.75) is 0 Å². The summed E-state index contributed by atoms with van der Waals surface area (Å²) in [5.41, 5.74) is 3.23. The Kier molecular flexibility index (Phi) is 8.25. The number of aliphatic hydroxyl groups excluding tert-OH is 1. The summed E-state index contributed by atoms with van der Waals surface area (Å²) in [5.74, 6) is -0.346. The predicted octanol–water partition coefficient (Wildman–Crippen LogP) is 3.94. The van der Waals surface area contributed by atoms with Gasteiger partial charge in [-0.25, -0.2) is 5.43 Å². The molecule has 0 fully saturated rings. The molecule has 23 heavy (non-hydrogen) atoms. The number of nitrogens with zero attached hydrogens (tertiary/aromatic N) is 1. The van der Waals surface area contributed by atoms with Gasteiger partial charge in [0.2, 0.25) is 0 Å². The summed E-state index contributed by atoms with van der Waals surface area (Å²) in [5, 5.41) is 21.1. The molecule has 5 nitrogen and oxygen atoms in total. The number of phenolic OH excluding ortho intramolecular Hbond substituents is 1. The lowest BCUT2D eigenvalue weighted by Crippen LogP contribution is -2.17. The smallest absolute Gasteiger partial charge is 0.271 e. The first-order valence-corrected chi connectivity index (χ1v) is 8.15. The number of aromatic hydroxyl groups is 1. The fourth-order valence-corrected chi connectivity index (χ4v) is 2.99. The van der Waals surface area contributed by atoms with E-state index >= 15 is 0 Å². The molecule has 8 heteroatoms. The van der Waals surface area contributed by atoms with Crippen molar-refractivity contribution in [2.75, 3.05) is 7.11 Å². The topological polar surface area (TPSA) is 81.9 Å². The number of rotatable bonds is 3. The summed E-state index contributed by atoms with van der Waals surface area (Å²) in [6.45, 7) is 0. The van der Waals surface area contributed by atoms with Gasteiger partial charge in [0, 0.05) is 27.7 Å². The third kappa shape index (κ3) is 5.95. The number of phenols is 1. The number of hydrazone groups is 1. The third-order valence-corrected chi connectivity index (χ3v) is 3.81. The second kappa shape index (κ2) is 9.67. The van der Waals surface area contributed by atoms with Crippen LogP contribution in [0.1, 0.15) is 15.9 Å². The van der Waals surface area contributed by atoms with E-state index in [1.165, 1.54) is 6.21 Å². The number of halogens is 3. The van der Waals surface area contributed by atoms with E-state index in [1.54, 1.807) is 36.4 Å². The van der Waals surface area contributed by atoms with Crippen molar-refractivity contribution in [3.8, 4) is 5.75 Å². The van der Waals surface area contributed by atoms with E-state index in [0.717, 1.165) is 11.6 Å². The Morgan fingerprint density at radius 1 is 1.26 bits per heavy atom. The van der Waals surface area contributed by atoms with Gasteiger partial charge in [0.25, 0.3) is 5.91 Å². The molecule has 2 aromatic carbocycles.